The SMILES string of the molecule is COC(CNC(=O)c1cncc(Br)c1)c1ccccc1C. The predicted molar refractivity (Wildman–Crippen MR) is 85.2 cm³/mol. The molecule has 5 heteroatoms. The van der Waals surface area contributed by atoms with E-state index in [1.54, 1.807) is 19.4 Å². The third-order valence-corrected chi connectivity index (χ3v) is 3.67. The number of halogens is 1. The van der Waals surface area contributed by atoms with Crippen molar-refractivity contribution in [2.75, 3.05) is 13.7 Å². The first-order chi connectivity index (χ1) is 10.1. The summed E-state index contributed by atoms with van der Waals surface area (Å²) in [6, 6.07) is 9.72. The summed E-state index contributed by atoms with van der Waals surface area (Å²) in [6.45, 7) is 2.44. The molecule has 4 nitrogen and oxygen atoms in total. The van der Waals surface area contributed by atoms with Gasteiger partial charge in [-0.25, -0.2) is 0 Å². The number of methoxy groups -OCH3 is 1. The van der Waals surface area contributed by atoms with E-state index in [1.807, 2.05) is 31.2 Å². The largest absolute Gasteiger partial charge is 0.375 e. The van der Waals surface area contributed by atoms with Gasteiger partial charge in [0.05, 0.1) is 11.7 Å². The van der Waals surface area contributed by atoms with Gasteiger partial charge in [0.2, 0.25) is 0 Å². The van der Waals surface area contributed by atoms with E-state index in [2.05, 4.69) is 26.2 Å². The average Bonchev–Trinajstić information content (AvgIpc) is 2.49. The highest BCUT2D eigenvalue weighted by Crippen LogP contribution is 2.19. The number of hydrogen-bond donors (Lipinski definition) is 1. The molecule has 1 atom stereocenters. The molecule has 1 amide bonds. The number of nitrogens with one attached hydrogen (secondary N) is 1. The van der Waals surface area contributed by atoms with E-state index < -0.39 is 0 Å². The van der Waals surface area contributed by atoms with Gasteiger partial charge in [0.25, 0.3) is 5.91 Å². The highest BCUT2D eigenvalue weighted by Gasteiger charge is 2.15. The number of aryl methyl sites for hydroxylation is 1. The molecule has 0 radical (unpaired) electrons. The first-order valence-corrected chi connectivity index (χ1v) is 7.38. The van der Waals surface area contributed by atoms with E-state index in [-0.39, 0.29) is 12.0 Å². The Kier molecular flexibility index (Phi) is 5.47. The number of nitrogens with zero attached hydrogens (tertiary/aromatic N) is 1. The third kappa shape index (κ3) is 4.12. The van der Waals surface area contributed by atoms with Crippen LogP contribution in [-0.2, 0) is 4.74 Å². The summed E-state index contributed by atoms with van der Waals surface area (Å²) in [5, 5.41) is 2.88. The fraction of sp³-hybridized carbons (Fsp3) is 0.250. The van der Waals surface area contributed by atoms with Gasteiger partial charge in [-0.2, -0.15) is 0 Å². The number of amides is 1. The molecular weight excluding hydrogens is 332 g/mol. The molecule has 0 saturated heterocycles. The molecule has 110 valence electrons. The smallest absolute Gasteiger partial charge is 0.252 e. The number of hydrogen-bond acceptors (Lipinski definition) is 3. The van der Waals surface area contributed by atoms with Crippen LogP contribution in [0.1, 0.15) is 27.6 Å². The molecule has 0 bridgehead atoms. The fourth-order valence-corrected chi connectivity index (χ4v) is 2.46. The number of carbonyl (C=O) groups excluding carboxylic acids is 1. The standard InChI is InChI=1S/C16H17BrN2O2/c1-11-5-3-4-6-14(11)15(21-2)10-19-16(20)12-7-13(17)9-18-8-12/h3-9,15H,10H2,1-2H3,(H,19,20). The first kappa shape index (κ1) is 15.7. The molecule has 2 rings (SSSR count). The molecule has 0 aliphatic heterocycles. The van der Waals surface area contributed by atoms with Crippen molar-refractivity contribution in [1.29, 1.82) is 0 Å². The predicted octanol–water partition coefficient (Wildman–Crippen LogP) is 3.27. The van der Waals surface area contributed by atoms with Crippen molar-refractivity contribution in [3.63, 3.8) is 0 Å². The van der Waals surface area contributed by atoms with Gasteiger partial charge < -0.3 is 10.1 Å². The maximum absolute atomic E-state index is 12.1. The Balaban J connectivity index is 2.04. The van der Waals surface area contributed by atoms with E-state index in [1.165, 1.54) is 6.20 Å². The minimum atomic E-state index is -0.171. The van der Waals surface area contributed by atoms with Gasteiger partial charge in [-0.3, -0.25) is 9.78 Å². The third-order valence-electron chi connectivity index (χ3n) is 3.23. The van der Waals surface area contributed by atoms with Crippen LogP contribution in [0.3, 0.4) is 0 Å². The number of aromatic nitrogens is 1. The van der Waals surface area contributed by atoms with Crippen molar-refractivity contribution in [3.05, 3.63) is 63.9 Å². The van der Waals surface area contributed by atoms with Crippen LogP contribution in [0.5, 0.6) is 0 Å². The molecule has 2 aromatic rings. The van der Waals surface area contributed by atoms with Gasteiger partial charge >= 0.3 is 0 Å². The highest BCUT2D eigenvalue weighted by molar-refractivity contribution is 9.10. The molecule has 0 spiro atoms. The zero-order valence-electron chi connectivity index (χ0n) is 12.0. The summed E-state index contributed by atoms with van der Waals surface area (Å²) >= 11 is 3.30. The molecule has 1 aromatic carbocycles. The fourth-order valence-electron chi connectivity index (χ4n) is 2.09. The molecule has 21 heavy (non-hydrogen) atoms. The second-order valence-electron chi connectivity index (χ2n) is 4.68. The van der Waals surface area contributed by atoms with Gasteiger partial charge in [0.1, 0.15) is 0 Å². The van der Waals surface area contributed by atoms with Crippen molar-refractivity contribution in [1.82, 2.24) is 10.3 Å². The van der Waals surface area contributed by atoms with Gasteiger partial charge in [-0.15, -0.1) is 0 Å². The monoisotopic (exact) mass is 348 g/mol. The van der Waals surface area contributed by atoms with Crippen molar-refractivity contribution >= 4 is 21.8 Å². The number of benzene rings is 1. The van der Waals surface area contributed by atoms with E-state index in [9.17, 15) is 4.79 Å². The highest BCUT2D eigenvalue weighted by atomic mass is 79.9. The Morgan fingerprint density at radius 2 is 2.14 bits per heavy atom. The van der Waals surface area contributed by atoms with Crippen molar-refractivity contribution < 1.29 is 9.53 Å². The summed E-state index contributed by atoms with van der Waals surface area (Å²) in [7, 11) is 1.64. The lowest BCUT2D eigenvalue weighted by molar-refractivity contribution is 0.0825. The lowest BCUT2D eigenvalue weighted by atomic mass is 10.0. The lowest BCUT2D eigenvalue weighted by Gasteiger charge is -2.18. The zero-order chi connectivity index (χ0) is 15.2. The molecular formula is C16H17BrN2O2. The number of rotatable bonds is 5. The Hall–Kier alpha value is -1.72. The minimum absolute atomic E-state index is 0.167. The van der Waals surface area contributed by atoms with E-state index in [4.69, 9.17) is 4.74 Å². The van der Waals surface area contributed by atoms with Crippen LogP contribution in [0.2, 0.25) is 0 Å². The van der Waals surface area contributed by atoms with Crippen molar-refractivity contribution in [3.8, 4) is 0 Å². The van der Waals surface area contributed by atoms with Gasteiger partial charge in [0.15, 0.2) is 0 Å². The number of pyridine rings is 1. The quantitative estimate of drug-likeness (QED) is 0.901. The van der Waals surface area contributed by atoms with Crippen LogP contribution in [0.4, 0.5) is 0 Å². The van der Waals surface area contributed by atoms with Crippen LogP contribution in [0.15, 0.2) is 47.2 Å². The average molecular weight is 349 g/mol. The molecule has 0 aliphatic carbocycles. The maximum Gasteiger partial charge on any atom is 0.252 e. The molecule has 0 fully saturated rings. The van der Waals surface area contributed by atoms with Crippen LogP contribution in [0.25, 0.3) is 0 Å². The maximum atomic E-state index is 12.1. The van der Waals surface area contributed by atoms with Crippen LogP contribution in [0, 0.1) is 6.92 Å². The van der Waals surface area contributed by atoms with Crippen molar-refractivity contribution in [2.24, 2.45) is 0 Å². The second-order valence-corrected chi connectivity index (χ2v) is 5.60. The van der Waals surface area contributed by atoms with Gasteiger partial charge in [-0.1, -0.05) is 24.3 Å². The van der Waals surface area contributed by atoms with E-state index in [0.717, 1.165) is 15.6 Å². The Morgan fingerprint density at radius 3 is 2.81 bits per heavy atom. The Labute approximate surface area is 132 Å². The molecule has 1 N–H and O–H groups in total. The van der Waals surface area contributed by atoms with Crippen LogP contribution >= 0.6 is 15.9 Å². The first-order valence-electron chi connectivity index (χ1n) is 6.59. The molecule has 0 aliphatic rings. The number of carbonyl (C=O) groups is 1. The Morgan fingerprint density at radius 1 is 1.38 bits per heavy atom. The zero-order valence-corrected chi connectivity index (χ0v) is 13.6. The van der Waals surface area contributed by atoms with Crippen molar-refractivity contribution in [2.45, 2.75) is 13.0 Å². The summed E-state index contributed by atoms with van der Waals surface area (Å²) in [5.74, 6) is -0.167. The summed E-state index contributed by atoms with van der Waals surface area (Å²) < 4.78 is 6.26. The second kappa shape index (κ2) is 7.33. The molecule has 1 unspecified atom stereocenters. The molecule has 1 heterocycles. The number of ether oxygens (including phenoxy) is 1. The normalized spacial score (nSPS) is 12.0. The van der Waals surface area contributed by atoms with E-state index >= 15 is 0 Å². The van der Waals surface area contributed by atoms with E-state index in [0.29, 0.717) is 12.1 Å². The lowest BCUT2D eigenvalue weighted by Crippen LogP contribution is -2.29. The summed E-state index contributed by atoms with van der Waals surface area (Å²) in [5.41, 5.74) is 2.74. The summed E-state index contributed by atoms with van der Waals surface area (Å²) in [6.07, 6.45) is 3.01. The topological polar surface area (TPSA) is 51.2 Å². The summed E-state index contributed by atoms with van der Waals surface area (Å²) in [4.78, 5) is 16.1. The van der Waals surface area contributed by atoms with Crippen LogP contribution in [-0.4, -0.2) is 24.5 Å². The Bertz CT molecular complexity index is 631. The van der Waals surface area contributed by atoms with Gasteiger partial charge in [0, 0.05) is 30.5 Å². The molecule has 1 aromatic heterocycles. The minimum Gasteiger partial charge on any atom is -0.375 e. The van der Waals surface area contributed by atoms with Gasteiger partial charge in [-0.05, 0) is 40.0 Å². The molecule has 0 saturated carbocycles. The van der Waals surface area contributed by atoms with Crippen LogP contribution < -0.4 is 5.32 Å².